The molecule has 1 aromatic carbocycles. The van der Waals surface area contributed by atoms with Gasteiger partial charge in [0.2, 0.25) is 11.8 Å². The van der Waals surface area contributed by atoms with E-state index in [0.29, 0.717) is 12.3 Å². The number of aromatic nitrogens is 1. The molecule has 0 fully saturated rings. The van der Waals surface area contributed by atoms with Gasteiger partial charge >= 0.3 is 5.97 Å². The summed E-state index contributed by atoms with van der Waals surface area (Å²) < 4.78 is 5.54. The normalized spacial score (nSPS) is 10.8. The molecule has 0 bridgehead atoms. The highest BCUT2D eigenvalue weighted by Gasteiger charge is 2.12. The van der Waals surface area contributed by atoms with Crippen LogP contribution in [0.15, 0.2) is 34.7 Å². The Morgan fingerprint density at radius 3 is 2.64 bits per heavy atom. The molecule has 0 atom stereocenters. The number of ether oxygens (including phenoxy) is 1. The summed E-state index contributed by atoms with van der Waals surface area (Å²) in [5.74, 6) is -0.757. The summed E-state index contributed by atoms with van der Waals surface area (Å²) in [4.78, 5) is 39.6. The molecule has 0 saturated heterocycles. The number of primary amides is 1. The van der Waals surface area contributed by atoms with E-state index in [4.69, 9.17) is 10.5 Å². The van der Waals surface area contributed by atoms with E-state index >= 15 is 0 Å². The number of aryl methyl sites for hydroxylation is 1. The fourth-order valence-corrected chi connectivity index (χ4v) is 4.19. The van der Waals surface area contributed by atoms with Crippen LogP contribution in [0.2, 0.25) is 0 Å². The largest absolute Gasteiger partial charge is 0.463 e. The van der Waals surface area contributed by atoms with Crippen LogP contribution in [0.1, 0.15) is 23.1 Å². The van der Waals surface area contributed by atoms with Crippen molar-refractivity contribution < 1.29 is 19.1 Å². The minimum Gasteiger partial charge on any atom is -0.463 e. The van der Waals surface area contributed by atoms with Gasteiger partial charge in [0.05, 0.1) is 24.5 Å². The Kier molecular flexibility index (Phi) is 8.21. The highest BCUT2D eigenvalue weighted by molar-refractivity contribution is 8.01. The van der Waals surface area contributed by atoms with E-state index in [0.717, 1.165) is 20.5 Å². The van der Waals surface area contributed by atoms with Crippen LogP contribution in [0.3, 0.4) is 0 Å². The first-order valence-corrected chi connectivity index (χ1v) is 10.3. The SMILES string of the molecule is CCOC(=O)C=Cc1ccc(NC(=O)CSc2nc(C)c(CC(N)=O)s2)cc1. The molecule has 28 heavy (non-hydrogen) atoms. The third-order valence-corrected chi connectivity index (χ3v) is 5.73. The lowest BCUT2D eigenvalue weighted by molar-refractivity contribution is -0.137. The second kappa shape index (κ2) is 10.6. The van der Waals surface area contributed by atoms with E-state index in [9.17, 15) is 14.4 Å². The third kappa shape index (κ3) is 7.16. The molecule has 1 heterocycles. The number of hydrogen-bond donors (Lipinski definition) is 2. The maximum atomic E-state index is 12.1. The number of amides is 2. The van der Waals surface area contributed by atoms with Crippen LogP contribution < -0.4 is 11.1 Å². The molecule has 0 aliphatic rings. The lowest BCUT2D eigenvalue weighted by Crippen LogP contribution is -2.13. The van der Waals surface area contributed by atoms with Gasteiger partial charge in [-0.1, -0.05) is 23.9 Å². The van der Waals surface area contributed by atoms with E-state index in [1.807, 2.05) is 6.92 Å². The fraction of sp³-hybridized carbons (Fsp3) is 0.263. The molecule has 7 nitrogen and oxygen atoms in total. The van der Waals surface area contributed by atoms with Gasteiger partial charge in [-0.25, -0.2) is 9.78 Å². The van der Waals surface area contributed by atoms with Gasteiger partial charge in [0.25, 0.3) is 0 Å². The molecule has 2 rings (SSSR count). The van der Waals surface area contributed by atoms with Crippen molar-refractivity contribution in [2.75, 3.05) is 17.7 Å². The van der Waals surface area contributed by atoms with Crippen molar-refractivity contribution in [3.05, 3.63) is 46.5 Å². The second-order valence-electron chi connectivity index (χ2n) is 5.68. The van der Waals surface area contributed by atoms with Crippen LogP contribution in [0, 0.1) is 6.92 Å². The minimum absolute atomic E-state index is 0.160. The Balaban J connectivity index is 1.84. The van der Waals surface area contributed by atoms with Crippen LogP contribution in [0.5, 0.6) is 0 Å². The number of thioether (sulfide) groups is 1. The number of rotatable bonds is 9. The zero-order chi connectivity index (χ0) is 20.5. The van der Waals surface area contributed by atoms with Gasteiger partial charge < -0.3 is 15.8 Å². The Bertz CT molecular complexity index is 876. The molecule has 0 spiro atoms. The number of anilines is 1. The summed E-state index contributed by atoms with van der Waals surface area (Å²) in [6, 6.07) is 7.09. The quantitative estimate of drug-likeness (QED) is 0.367. The van der Waals surface area contributed by atoms with Gasteiger partial charge in [0.1, 0.15) is 0 Å². The first-order chi connectivity index (χ1) is 13.4. The summed E-state index contributed by atoms with van der Waals surface area (Å²) in [6.45, 7) is 3.90. The molecular weight excluding hydrogens is 398 g/mol. The standard InChI is InChI=1S/C19H21N3O4S2/c1-3-26-18(25)9-6-13-4-7-14(8-5-13)22-17(24)11-27-19-21-12(2)15(28-19)10-16(20)23/h4-9H,3,10-11H2,1-2H3,(H2,20,23)(H,22,24). The molecule has 148 valence electrons. The van der Waals surface area contributed by atoms with E-state index in [1.165, 1.54) is 29.2 Å². The first kappa shape index (κ1) is 21.6. The lowest BCUT2D eigenvalue weighted by atomic mass is 10.2. The molecule has 2 aromatic rings. The zero-order valence-corrected chi connectivity index (χ0v) is 17.2. The van der Waals surface area contributed by atoms with E-state index in [-0.39, 0.29) is 18.1 Å². The van der Waals surface area contributed by atoms with Crippen molar-refractivity contribution in [1.29, 1.82) is 0 Å². The molecule has 0 saturated carbocycles. The van der Waals surface area contributed by atoms with Gasteiger partial charge in [0, 0.05) is 16.6 Å². The lowest BCUT2D eigenvalue weighted by Gasteiger charge is -2.04. The molecule has 0 radical (unpaired) electrons. The number of nitrogens with zero attached hydrogens (tertiary/aromatic N) is 1. The summed E-state index contributed by atoms with van der Waals surface area (Å²) in [7, 11) is 0. The minimum atomic E-state index is -0.401. The third-order valence-electron chi connectivity index (χ3n) is 3.43. The monoisotopic (exact) mass is 419 g/mol. The van der Waals surface area contributed by atoms with E-state index < -0.39 is 11.9 Å². The molecular formula is C19H21N3O4S2. The second-order valence-corrected chi connectivity index (χ2v) is 7.98. The molecule has 0 aliphatic carbocycles. The number of thiazole rings is 1. The Morgan fingerprint density at radius 2 is 2.00 bits per heavy atom. The van der Waals surface area contributed by atoms with Gasteiger partial charge in [-0.2, -0.15) is 0 Å². The van der Waals surface area contributed by atoms with E-state index in [2.05, 4.69) is 10.3 Å². The van der Waals surface area contributed by atoms with Crippen LogP contribution in [-0.2, 0) is 25.5 Å². The fourth-order valence-electron chi connectivity index (χ4n) is 2.14. The van der Waals surface area contributed by atoms with Crippen molar-refractivity contribution in [3.63, 3.8) is 0 Å². The predicted molar refractivity (Wildman–Crippen MR) is 111 cm³/mol. The van der Waals surface area contributed by atoms with Crippen molar-refractivity contribution >= 4 is 52.6 Å². The van der Waals surface area contributed by atoms with Crippen LogP contribution in [-0.4, -0.2) is 35.1 Å². The highest BCUT2D eigenvalue weighted by Crippen LogP contribution is 2.27. The summed E-state index contributed by atoms with van der Waals surface area (Å²) in [5.41, 5.74) is 7.45. The van der Waals surface area contributed by atoms with Gasteiger partial charge in [-0.15, -0.1) is 11.3 Å². The number of nitrogens with one attached hydrogen (secondary N) is 1. The number of benzene rings is 1. The van der Waals surface area contributed by atoms with Gasteiger partial charge in [-0.3, -0.25) is 9.59 Å². The van der Waals surface area contributed by atoms with Crippen LogP contribution in [0.25, 0.3) is 6.08 Å². The van der Waals surface area contributed by atoms with Gasteiger partial charge in [0.15, 0.2) is 4.34 Å². The maximum absolute atomic E-state index is 12.1. The molecule has 0 aliphatic heterocycles. The highest BCUT2D eigenvalue weighted by atomic mass is 32.2. The van der Waals surface area contributed by atoms with Crippen molar-refractivity contribution in [3.8, 4) is 0 Å². The zero-order valence-electron chi connectivity index (χ0n) is 15.6. The number of hydrogen-bond acceptors (Lipinski definition) is 7. The molecule has 3 N–H and O–H groups in total. The smallest absolute Gasteiger partial charge is 0.330 e. The number of carbonyl (C=O) groups excluding carboxylic acids is 3. The van der Waals surface area contributed by atoms with Gasteiger partial charge in [-0.05, 0) is 37.6 Å². The first-order valence-electron chi connectivity index (χ1n) is 8.49. The number of esters is 1. The summed E-state index contributed by atoms with van der Waals surface area (Å²) in [5, 5.41) is 2.81. The molecule has 0 unspecified atom stereocenters. The summed E-state index contributed by atoms with van der Waals surface area (Å²) >= 11 is 2.68. The average molecular weight is 420 g/mol. The van der Waals surface area contributed by atoms with Crippen molar-refractivity contribution in [1.82, 2.24) is 4.98 Å². The van der Waals surface area contributed by atoms with Crippen molar-refractivity contribution in [2.24, 2.45) is 5.73 Å². The van der Waals surface area contributed by atoms with E-state index in [1.54, 1.807) is 37.3 Å². The Labute approximate surface area is 171 Å². The average Bonchev–Trinajstić information content (AvgIpc) is 2.98. The van der Waals surface area contributed by atoms with Crippen LogP contribution >= 0.6 is 23.1 Å². The number of carbonyl (C=O) groups is 3. The number of nitrogens with two attached hydrogens (primary N) is 1. The van der Waals surface area contributed by atoms with Crippen molar-refractivity contribution in [2.45, 2.75) is 24.6 Å². The topological polar surface area (TPSA) is 111 Å². The Hall–Kier alpha value is -2.65. The molecule has 9 heteroatoms. The van der Waals surface area contributed by atoms with Crippen LogP contribution in [0.4, 0.5) is 5.69 Å². The maximum Gasteiger partial charge on any atom is 0.330 e. The Morgan fingerprint density at radius 1 is 1.29 bits per heavy atom. The summed E-state index contributed by atoms with van der Waals surface area (Å²) in [6.07, 6.45) is 3.16. The molecule has 2 amide bonds. The predicted octanol–water partition coefficient (Wildman–Crippen LogP) is 2.79. The molecule has 1 aromatic heterocycles.